The van der Waals surface area contributed by atoms with E-state index in [0.29, 0.717) is 23.5 Å². The quantitative estimate of drug-likeness (QED) is 0.533. The molecule has 3 amide bonds. The lowest BCUT2D eigenvalue weighted by Crippen LogP contribution is -2.36. The Morgan fingerprint density at radius 3 is 2.22 bits per heavy atom. The molecule has 3 N–H and O–H groups in total. The van der Waals surface area contributed by atoms with Crippen molar-refractivity contribution in [1.82, 2.24) is 5.32 Å². The van der Waals surface area contributed by atoms with Crippen molar-refractivity contribution >= 4 is 29.1 Å². The molecule has 0 aromatic heterocycles. The van der Waals surface area contributed by atoms with Crippen molar-refractivity contribution < 1.29 is 14.4 Å². The number of anilines is 2. The monoisotopic (exact) mass is 319 g/mol. The smallest absolute Gasteiger partial charge is 0.313 e. The second kappa shape index (κ2) is 9.61. The van der Waals surface area contributed by atoms with E-state index in [0.717, 1.165) is 25.7 Å². The van der Waals surface area contributed by atoms with Gasteiger partial charge in [-0.15, -0.1) is 0 Å². The molecule has 0 aliphatic heterocycles. The molecule has 1 rings (SSSR count). The number of amides is 3. The van der Waals surface area contributed by atoms with Gasteiger partial charge in [-0.25, -0.2) is 0 Å². The molecule has 0 atom stereocenters. The number of rotatable bonds is 7. The molecule has 0 unspecified atom stereocenters. The van der Waals surface area contributed by atoms with Crippen LogP contribution < -0.4 is 16.0 Å². The van der Waals surface area contributed by atoms with Crippen molar-refractivity contribution in [2.24, 2.45) is 0 Å². The van der Waals surface area contributed by atoms with Crippen LogP contribution in [0, 0.1) is 6.92 Å². The Labute approximate surface area is 137 Å². The number of carbonyl (C=O) groups is 3. The first-order chi connectivity index (χ1) is 11.0. The van der Waals surface area contributed by atoms with Gasteiger partial charge in [-0.1, -0.05) is 32.3 Å². The van der Waals surface area contributed by atoms with Gasteiger partial charge in [0.25, 0.3) is 0 Å². The lowest BCUT2D eigenvalue weighted by Gasteiger charge is -2.12. The molecule has 0 heterocycles. The summed E-state index contributed by atoms with van der Waals surface area (Å²) in [7, 11) is 0. The van der Waals surface area contributed by atoms with E-state index in [1.54, 1.807) is 25.1 Å². The Morgan fingerprint density at radius 1 is 0.957 bits per heavy atom. The highest BCUT2D eigenvalue weighted by Gasteiger charge is 2.15. The number of unbranched alkanes of at least 4 members (excludes halogenated alkanes) is 3. The molecule has 0 aliphatic carbocycles. The molecule has 1 aromatic carbocycles. The van der Waals surface area contributed by atoms with Crippen LogP contribution in [-0.4, -0.2) is 24.3 Å². The second-order valence-corrected chi connectivity index (χ2v) is 5.43. The molecule has 0 fully saturated rings. The Morgan fingerprint density at radius 2 is 1.61 bits per heavy atom. The number of hydrogen-bond donors (Lipinski definition) is 3. The highest BCUT2D eigenvalue weighted by Crippen LogP contribution is 2.23. The minimum Gasteiger partial charge on any atom is -0.348 e. The van der Waals surface area contributed by atoms with Crippen LogP contribution in [0.2, 0.25) is 0 Å². The van der Waals surface area contributed by atoms with Gasteiger partial charge in [0.1, 0.15) is 0 Å². The first kappa shape index (κ1) is 18.7. The number of carbonyl (C=O) groups excluding carboxylic acids is 3. The minimum absolute atomic E-state index is 0.193. The van der Waals surface area contributed by atoms with Crippen LogP contribution in [-0.2, 0) is 14.4 Å². The SMILES string of the molecule is CCCCCCNC(=O)C(=O)Nc1cccc(NC(C)=O)c1C. The van der Waals surface area contributed by atoms with E-state index in [4.69, 9.17) is 0 Å². The van der Waals surface area contributed by atoms with E-state index >= 15 is 0 Å². The van der Waals surface area contributed by atoms with Gasteiger partial charge in [0.05, 0.1) is 0 Å². The van der Waals surface area contributed by atoms with Gasteiger partial charge < -0.3 is 16.0 Å². The van der Waals surface area contributed by atoms with E-state index in [2.05, 4.69) is 22.9 Å². The van der Waals surface area contributed by atoms with Crippen LogP contribution >= 0.6 is 0 Å². The lowest BCUT2D eigenvalue weighted by molar-refractivity contribution is -0.136. The summed E-state index contributed by atoms with van der Waals surface area (Å²) in [6, 6.07) is 5.13. The van der Waals surface area contributed by atoms with E-state index in [1.165, 1.54) is 6.92 Å². The first-order valence-electron chi connectivity index (χ1n) is 7.92. The average molecular weight is 319 g/mol. The summed E-state index contributed by atoms with van der Waals surface area (Å²) in [5.41, 5.74) is 1.81. The number of nitrogens with one attached hydrogen (secondary N) is 3. The zero-order valence-electron chi connectivity index (χ0n) is 14.0. The van der Waals surface area contributed by atoms with Crippen LogP contribution in [0.15, 0.2) is 18.2 Å². The second-order valence-electron chi connectivity index (χ2n) is 5.43. The van der Waals surface area contributed by atoms with Crippen molar-refractivity contribution in [3.05, 3.63) is 23.8 Å². The molecule has 0 bridgehead atoms. The van der Waals surface area contributed by atoms with E-state index in [-0.39, 0.29) is 5.91 Å². The zero-order valence-corrected chi connectivity index (χ0v) is 14.0. The summed E-state index contributed by atoms with van der Waals surface area (Å²) < 4.78 is 0. The molecule has 6 nitrogen and oxygen atoms in total. The molecule has 0 saturated carbocycles. The third-order valence-corrected chi connectivity index (χ3v) is 3.41. The van der Waals surface area contributed by atoms with Gasteiger partial charge in [-0.2, -0.15) is 0 Å². The molecule has 126 valence electrons. The predicted molar refractivity (Wildman–Crippen MR) is 91.3 cm³/mol. The summed E-state index contributed by atoms with van der Waals surface area (Å²) in [5, 5.41) is 7.86. The largest absolute Gasteiger partial charge is 0.348 e. The fourth-order valence-electron chi connectivity index (χ4n) is 2.11. The molecule has 0 saturated heterocycles. The third kappa shape index (κ3) is 6.50. The predicted octanol–water partition coefficient (Wildman–Crippen LogP) is 2.59. The van der Waals surface area contributed by atoms with Gasteiger partial charge in [-0.05, 0) is 31.0 Å². The van der Waals surface area contributed by atoms with Crippen molar-refractivity contribution in [1.29, 1.82) is 0 Å². The standard InChI is InChI=1S/C17H25N3O3/c1-4-5-6-7-11-18-16(22)17(23)20-15-10-8-9-14(12(15)2)19-13(3)21/h8-10H,4-7,11H2,1-3H3,(H,18,22)(H,19,21)(H,20,23). The summed E-state index contributed by atoms with van der Waals surface area (Å²) in [6.45, 7) is 5.79. The molecule has 0 aliphatic rings. The molecule has 0 spiro atoms. The van der Waals surface area contributed by atoms with Crippen molar-refractivity contribution in [2.45, 2.75) is 46.5 Å². The summed E-state index contributed by atoms with van der Waals surface area (Å²) >= 11 is 0. The van der Waals surface area contributed by atoms with Gasteiger partial charge in [0, 0.05) is 24.8 Å². The normalized spacial score (nSPS) is 10.0. The molecule has 1 aromatic rings. The maximum absolute atomic E-state index is 11.9. The Kier molecular flexibility index (Phi) is 7.80. The topological polar surface area (TPSA) is 87.3 Å². The first-order valence-corrected chi connectivity index (χ1v) is 7.92. The maximum Gasteiger partial charge on any atom is 0.313 e. The fraction of sp³-hybridized carbons (Fsp3) is 0.471. The van der Waals surface area contributed by atoms with Crippen LogP contribution in [0.1, 0.15) is 45.1 Å². The van der Waals surface area contributed by atoms with Gasteiger partial charge in [0.2, 0.25) is 5.91 Å². The number of benzene rings is 1. The zero-order chi connectivity index (χ0) is 17.2. The van der Waals surface area contributed by atoms with Crippen molar-refractivity contribution in [3.63, 3.8) is 0 Å². The van der Waals surface area contributed by atoms with Crippen LogP contribution in [0.3, 0.4) is 0 Å². The van der Waals surface area contributed by atoms with Gasteiger partial charge in [-0.3, -0.25) is 14.4 Å². The Hall–Kier alpha value is -2.37. The van der Waals surface area contributed by atoms with Gasteiger partial charge in [0.15, 0.2) is 0 Å². The molecule has 6 heteroatoms. The molecular formula is C17H25N3O3. The minimum atomic E-state index is -0.705. The van der Waals surface area contributed by atoms with E-state index < -0.39 is 11.8 Å². The summed E-state index contributed by atoms with van der Waals surface area (Å²) in [4.78, 5) is 34.8. The number of hydrogen-bond acceptors (Lipinski definition) is 3. The molecule has 23 heavy (non-hydrogen) atoms. The molecular weight excluding hydrogens is 294 g/mol. The maximum atomic E-state index is 11.9. The van der Waals surface area contributed by atoms with Crippen LogP contribution in [0.25, 0.3) is 0 Å². The molecule has 0 radical (unpaired) electrons. The average Bonchev–Trinajstić information content (AvgIpc) is 2.50. The van der Waals surface area contributed by atoms with Crippen molar-refractivity contribution in [2.75, 3.05) is 17.2 Å². The van der Waals surface area contributed by atoms with E-state index in [1.807, 2.05) is 0 Å². The highest BCUT2D eigenvalue weighted by atomic mass is 16.2. The fourth-order valence-corrected chi connectivity index (χ4v) is 2.11. The lowest BCUT2D eigenvalue weighted by atomic mass is 10.1. The Bertz CT molecular complexity index is 570. The Balaban J connectivity index is 2.56. The van der Waals surface area contributed by atoms with Crippen LogP contribution in [0.5, 0.6) is 0 Å². The highest BCUT2D eigenvalue weighted by molar-refractivity contribution is 6.39. The third-order valence-electron chi connectivity index (χ3n) is 3.41. The van der Waals surface area contributed by atoms with E-state index in [9.17, 15) is 14.4 Å². The van der Waals surface area contributed by atoms with Gasteiger partial charge >= 0.3 is 11.8 Å². The van der Waals surface area contributed by atoms with Crippen LogP contribution in [0.4, 0.5) is 11.4 Å². The summed E-state index contributed by atoms with van der Waals surface area (Å²) in [6.07, 6.45) is 4.15. The summed E-state index contributed by atoms with van der Waals surface area (Å²) in [5.74, 6) is -1.55. The van der Waals surface area contributed by atoms with Crippen molar-refractivity contribution in [3.8, 4) is 0 Å².